The molecule has 2 heterocycles. The van der Waals surface area contributed by atoms with E-state index in [-0.39, 0.29) is 34.9 Å². The summed E-state index contributed by atoms with van der Waals surface area (Å²) in [6, 6.07) is 0. The molecule has 6 heteroatoms. The van der Waals surface area contributed by atoms with Crippen LogP contribution in [-0.2, 0) is 19.1 Å². The van der Waals surface area contributed by atoms with E-state index in [4.69, 9.17) is 9.47 Å². The first-order chi connectivity index (χ1) is 17.4. The number of likely N-dealkylation sites (tertiary alicyclic amines) is 1. The van der Waals surface area contributed by atoms with Gasteiger partial charge in [0, 0.05) is 26.3 Å². The molecule has 6 nitrogen and oxygen atoms in total. The Hall–Kier alpha value is -1.14. The summed E-state index contributed by atoms with van der Waals surface area (Å²) < 4.78 is 12.7. The van der Waals surface area contributed by atoms with E-state index < -0.39 is 11.3 Å². The Morgan fingerprint density at radius 3 is 2.41 bits per heavy atom. The molecule has 0 aromatic carbocycles. The Balaban J connectivity index is 1.26. The third-order valence-corrected chi connectivity index (χ3v) is 13.2. The van der Waals surface area contributed by atoms with E-state index in [1.54, 1.807) is 6.92 Å². The number of amides is 1. The summed E-state index contributed by atoms with van der Waals surface area (Å²) in [6.45, 7) is 13.5. The van der Waals surface area contributed by atoms with Crippen molar-refractivity contribution in [1.29, 1.82) is 0 Å². The van der Waals surface area contributed by atoms with E-state index in [1.165, 1.54) is 6.92 Å². The van der Waals surface area contributed by atoms with Gasteiger partial charge in [0.15, 0.2) is 0 Å². The van der Waals surface area contributed by atoms with Gasteiger partial charge in [-0.3, -0.25) is 9.59 Å². The second-order valence-corrected chi connectivity index (χ2v) is 14.7. The molecule has 12 unspecified atom stereocenters. The lowest BCUT2D eigenvalue weighted by atomic mass is 9.42. The van der Waals surface area contributed by atoms with Gasteiger partial charge < -0.3 is 19.5 Å². The molecule has 6 rings (SSSR count). The lowest BCUT2D eigenvalue weighted by molar-refractivity contribution is -0.246. The summed E-state index contributed by atoms with van der Waals surface area (Å²) in [5.74, 6) is 2.38. The van der Waals surface area contributed by atoms with Crippen LogP contribution in [0.5, 0.6) is 0 Å². The smallest absolute Gasteiger partial charge is 0.302 e. The highest BCUT2D eigenvalue weighted by Crippen LogP contribution is 2.72. The maximum Gasteiger partial charge on any atom is 0.302 e. The Bertz CT molecular complexity index is 969. The fraction of sp³-hybridized carbons (Fsp3) is 0.935. The van der Waals surface area contributed by atoms with Crippen molar-refractivity contribution < 1.29 is 24.2 Å². The number of fused-ring (bicyclic) bond motifs is 7. The fourth-order valence-corrected chi connectivity index (χ4v) is 11.3. The first kappa shape index (κ1) is 26.1. The molecule has 208 valence electrons. The van der Waals surface area contributed by atoms with E-state index >= 15 is 0 Å². The molecule has 2 saturated heterocycles. The van der Waals surface area contributed by atoms with Gasteiger partial charge in [-0.15, -0.1) is 0 Å². The third kappa shape index (κ3) is 3.42. The third-order valence-electron chi connectivity index (χ3n) is 13.2. The molecule has 1 spiro atoms. The van der Waals surface area contributed by atoms with Crippen LogP contribution in [-0.4, -0.2) is 52.0 Å². The summed E-state index contributed by atoms with van der Waals surface area (Å²) in [6.07, 6.45) is 9.98. The van der Waals surface area contributed by atoms with Gasteiger partial charge in [-0.1, -0.05) is 27.7 Å². The van der Waals surface area contributed by atoms with Gasteiger partial charge >= 0.3 is 5.97 Å². The molecule has 4 aliphatic carbocycles. The Morgan fingerprint density at radius 1 is 0.946 bits per heavy atom. The van der Waals surface area contributed by atoms with Gasteiger partial charge in [-0.05, 0) is 105 Å². The van der Waals surface area contributed by atoms with Crippen LogP contribution in [0, 0.1) is 46.3 Å². The van der Waals surface area contributed by atoms with Crippen LogP contribution in [0.4, 0.5) is 0 Å². The van der Waals surface area contributed by atoms with Crippen LogP contribution >= 0.6 is 0 Å². The molecule has 0 aromatic rings. The summed E-state index contributed by atoms with van der Waals surface area (Å²) >= 11 is 0. The molecule has 6 aliphatic rings. The first-order valence-corrected chi connectivity index (χ1v) is 15.2. The van der Waals surface area contributed by atoms with E-state index in [0.717, 1.165) is 70.8 Å². The number of rotatable bonds is 1. The second-order valence-electron chi connectivity index (χ2n) is 14.7. The fourth-order valence-electron chi connectivity index (χ4n) is 11.3. The number of ether oxygens (including phenoxy) is 2. The Labute approximate surface area is 223 Å². The van der Waals surface area contributed by atoms with Crippen LogP contribution in [0.15, 0.2) is 0 Å². The van der Waals surface area contributed by atoms with Gasteiger partial charge in [-0.25, -0.2) is 0 Å². The van der Waals surface area contributed by atoms with Crippen molar-refractivity contribution in [2.24, 2.45) is 46.3 Å². The molecule has 1 amide bonds. The quantitative estimate of drug-likeness (QED) is 0.479. The molecule has 1 N–H and O–H groups in total. The maximum atomic E-state index is 12.8. The zero-order valence-electron chi connectivity index (χ0n) is 23.9. The topological polar surface area (TPSA) is 76.1 Å². The van der Waals surface area contributed by atoms with Gasteiger partial charge in [-0.2, -0.15) is 0 Å². The zero-order chi connectivity index (χ0) is 26.5. The molecule has 2 aliphatic heterocycles. The van der Waals surface area contributed by atoms with Gasteiger partial charge in [0.05, 0.1) is 11.7 Å². The summed E-state index contributed by atoms with van der Waals surface area (Å²) in [4.78, 5) is 26.5. The summed E-state index contributed by atoms with van der Waals surface area (Å²) in [5, 5.41) is 12.6. The van der Waals surface area contributed by atoms with Crippen LogP contribution < -0.4 is 0 Å². The largest absolute Gasteiger partial charge is 0.463 e. The number of esters is 1. The Morgan fingerprint density at radius 2 is 1.70 bits per heavy atom. The van der Waals surface area contributed by atoms with Crippen molar-refractivity contribution in [3.8, 4) is 0 Å². The minimum absolute atomic E-state index is 0.00305. The standard InChI is InChI=1S/C31H49NO5/c1-18-9-12-31(32(17-18)20(3)33)19(2)27-26(37-31)16-25-24-8-7-22-15-23(36-21(4)34)10-11-29(22,6)30(24,35)14-13-28(25,27)5/h18-19,22-27,35H,7-17H2,1-6H3. The van der Waals surface area contributed by atoms with Crippen molar-refractivity contribution in [1.82, 2.24) is 4.90 Å². The van der Waals surface area contributed by atoms with Crippen molar-refractivity contribution >= 4 is 11.9 Å². The minimum atomic E-state index is -0.660. The van der Waals surface area contributed by atoms with E-state index in [1.807, 2.05) is 0 Å². The Kier molecular flexibility index (Phi) is 5.95. The maximum absolute atomic E-state index is 12.8. The lowest BCUT2D eigenvalue weighted by Gasteiger charge is -2.65. The van der Waals surface area contributed by atoms with Crippen molar-refractivity contribution in [2.75, 3.05) is 6.54 Å². The number of hydrogen-bond acceptors (Lipinski definition) is 5. The summed E-state index contributed by atoms with van der Waals surface area (Å²) in [7, 11) is 0. The zero-order valence-corrected chi connectivity index (χ0v) is 23.9. The number of carbonyl (C=O) groups is 2. The highest BCUT2D eigenvalue weighted by Gasteiger charge is 2.73. The average molecular weight is 516 g/mol. The number of piperidine rings is 1. The normalized spacial score (nSPS) is 54.7. The molecule has 0 aromatic heterocycles. The molecular formula is C31H49NO5. The highest BCUT2D eigenvalue weighted by atomic mass is 16.5. The molecule has 4 saturated carbocycles. The predicted molar refractivity (Wildman–Crippen MR) is 140 cm³/mol. The van der Waals surface area contributed by atoms with Crippen molar-refractivity contribution in [2.45, 2.75) is 129 Å². The molecule has 0 radical (unpaired) electrons. The first-order valence-electron chi connectivity index (χ1n) is 15.2. The second kappa shape index (κ2) is 8.43. The van der Waals surface area contributed by atoms with Crippen LogP contribution in [0.3, 0.4) is 0 Å². The van der Waals surface area contributed by atoms with E-state index in [0.29, 0.717) is 35.5 Å². The molecule has 0 bridgehead atoms. The molecule has 37 heavy (non-hydrogen) atoms. The molecular weight excluding hydrogens is 466 g/mol. The van der Waals surface area contributed by atoms with Gasteiger partial charge in [0.25, 0.3) is 0 Å². The van der Waals surface area contributed by atoms with E-state index in [2.05, 4.69) is 32.6 Å². The van der Waals surface area contributed by atoms with Gasteiger partial charge in [0.2, 0.25) is 5.91 Å². The van der Waals surface area contributed by atoms with Crippen molar-refractivity contribution in [3.05, 3.63) is 0 Å². The lowest BCUT2D eigenvalue weighted by Crippen LogP contribution is -2.66. The number of aliphatic hydroxyl groups is 1. The highest BCUT2D eigenvalue weighted by molar-refractivity contribution is 5.74. The van der Waals surface area contributed by atoms with Crippen molar-refractivity contribution in [3.63, 3.8) is 0 Å². The molecule has 6 fully saturated rings. The van der Waals surface area contributed by atoms with Crippen LogP contribution in [0.1, 0.15) is 106 Å². The SMILES string of the molecule is CC(=O)OC1CCC2(C)C(CCC3C4CC5OC6(CCC(C)CN6C(C)=O)C(C)C5C4(C)CCC32O)C1. The number of carbonyl (C=O) groups excluding carboxylic acids is 2. The summed E-state index contributed by atoms with van der Waals surface area (Å²) in [5.41, 5.74) is -1.10. The van der Waals surface area contributed by atoms with Crippen LogP contribution in [0.2, 0.25) is 0 Å². The van der Waals surface area contributed by atoms with E-state index in [9.17, 15) is 14.7 Å². The number of nitrogens with zero attached hydrogens (tertiary/aromatic N) is 1. The van der Waals surface area contributed by atoms with Gasteiger partial charge in [0.1, 0.15) is 11.8 Å². The average Bonchev–Trinajstić information content (AvgIpc) is 3.27. The number of hydrogen-bond donors (Lipinski definition) is 1. The van der Waals surface area contributed by atoms with Crippen LogP contribution in [0.25, 0.3) is 0 Å². The monoisotopic (exact) mass is 515 g/mol. The minimum Gasteiger partial charge on any atom is -0.463 e. The predicted octanol–water partition coefficient (Wildman–Crippen LogP) is 5.31. The molecule has 12 atom stereocenters.